The van der Waals surface area contributed by atoms with Crippen LogP contribution in [0.4, 0.5) is 0 Å². The summed E-state index contributed by atoms with van der Waals surface area (Å²) in [4.78, 5) is 10.9. The summed E-state index contributed by atoms with van der Waals surface area (Å²) in [6.07, 6.45) is 0.990. The van der Waals surface area contributed by atoms with E-state index in [1.54, 1.807) is 0 Å². The fraction of sp³-hybridized carbons (Fsp3) is 0.222. The van der Waals surface area contributed by atoms with E-state index in [9.17, 15) is 13.2 Å². The summed E-state index contributed by atoms with van der Waals surface area (Å²) < 4.78 is 22.7. The zero-order valence-corrected chi connectivity index (χ0v) is 10.4. The molecule has 0 saturated heterocycles. The number of carbonyl (C=O) groups is 1. The van der Waals surface area contributed by atoms with Crippen molar-refractivity contribution in [3.63, 3.8) is 0 Å². The summed E-state index contributed by atoms with van der Waals surface area (Å²) in [6, 6.07) is 2.75. The van der Waals surface area contributed by atoms with Crippen LogP contribution >= 0.6 is 23.2 Å². The molecule has 0 aliphatic heterocycles. The predicted octanol–water partition coefficient (Wildman–Crippen LogP) is 2.60. The lowest BCUT2D eigenvalue weighted by molar-refractivity contribution is 0.101. The van der Waals surface area contributed by atoms with Crippen molar-refractivity contribution in [1.82, 2.24) is 0 Å². The summed E-state index contributed by atoms with van der Waals surface area (Å²) in [5.74, 6) is -0.304. The average molecular weight is 267 g/mol. The van der Waals surface area contributed by atoms with Crippen LogP contribution in [0.25, 0.3) is 0 Å². The predicted molar refractivity (Wildman–Crippen MR) is 59.6 cm³/mol. The molecule has 0 aromatic heterocycles. The summed E-state index contributed by atoms with van der Waals surface area (Å²) >= 11 is 11.5. The molecule has 1 aromatic carbocycles. The maximum Gasteiger partial charge on any atom is 0.178 e. The highest BCUT2D eigenvalue weighted by Crippen LogP contribution is 2.32. The Morgan fingerprint density at radius 3 is 2.20 bits per heavy atom. The number of halogens is 2. The first-order chi connectivity index (χ1) is 6.75. The highest BCUT2D eigenvalue weighted by atomic mass is 35.5. The molecule has 0 bridgehead atoms. The molecule has 0 aliphatic rings. The lowest BCUT2D eigenvalue weighted by atomic mass is 10.1. The van der Waals surface area contributed by atoms with Crippen LogP contribution in [-0.4, -0.2) is 20.5 Å². The van der Waals surface area contributed by atoms with Gasteiger partial charge in [-0.05, 0) is 19.1 Å². The molecule has 0 N–H and O–H groups in total. The molecule has 82 valence electrons. The van der Waals surface area contributed by atoms with E-state index in [0.717, 1.165) is 6.26 Å². The van der Waals surface area contributed by atoms with Gasteiger partial charge in [0.1, 0.15) is 4.90 Å². The van der Waals surface area contributed by atoms with Gasteiger partial charge in [0.2, 0.25) is 0 Å². The lowest BCUT2D eigenvalue weighted by Gasteiger charge is -2.07. The summed E-state index contributed by atoms with van der Waals surface area (Å²) in [6.45, 7) is 1.31. The largest absolute Gasteiger partial charge is 0.294 e. The normalized spacial score (nSPS) is 11.5. The van der Waals surface area contributed by atoms with E-state index in [1.165, 1.54) is 19.1 Å². The number of sulfone groups is 1. The molecule has 3 nitrogen and oxygen atoms in total. The van der Waals surface area contributed by atoms with Crippen LogP contribution in [0.3, 0.4) is 0 Å². The Morgan fingerprint density at radius 1 is 1.27 bits per heavy atom. The average Bonchev–Trinajstić information content (AvgIpc) is 2.00. The molecule has 0 aliphatic carbocycles. The second kappa shape index (κ2) is 4.12. The van der Waals surface area contributed by atoms with Crippen LogP contribution in [0.2, 0.25) is 10.0 Å². The number of Topliss-reactive ketones (excluding diaryl/α,β-unsaturated/α-hetero) is 1. The van der Waals surface area contributed by atoms with Gasteiger partial charge in [0.25, 0.3) is 0 Å². The fourth-order valence-electron chi connectivity index (χ4n) is 1.14. The number of benzene rings is 1. The minimum atomic E-state index is -3.54. The van der Waals surface area contributed by atoms with E-state index in [0.29, 0.717) is 0 Å². The van der Waals surface area contributed by atoms with Crippen molar-refractivity contribution in [3.05, 3.63) is 27.7 Å². The Hall–Kier alpha value is -0.580. The number of hydrogen-bond acceptors (Lipinski definition) is 3. The van der Waals surface area contributed by atoms with Crippen LogP contribution in [-0.2, 0) is 9.84 Å². The van der Waals surface area contributed by atoms with E-state index in [1.807, 2.05) is 0 Å². The first-order valence-electron chi connectivity index (χ1n) is 3.94. The first-order valence-corrected chi connectivity index (χ1v) is 6.59. The van der Waals surface area contributed by atoms with Gasteiger partial charge in [-0.3, -0.25) is 4.79 Å². The van der Waals surface area contributed by atoms with Gasteiger partial charge in [-0.1, -0.05) is 23.2 Å². The highest BCUT2D eigenvalue weighted by molar-refractivity contribution is 7.91. The van der Waals surface area contributed by atoms with Crippen molar-refractivity contribution < 1.29 is 13.2 Å². The first kappa shape index (κ1) is 12.5. The topological polar surface area (TPSA) is 51.2 Å². The van der Waals surface area contributed by atoms with E-state index >= 15 is 0 Å². The number of carbonyl (C=O) groups excluding carboxylic acids is 1. The maximum absolute atomic E-state index is 11.4. The molecule has 0 saturated carbocycles. The van der Waals surface area contributed by atoms with Crippen molar-refractivity contribution >= 4 is 38.8 Å². The van der Waals surface area contributed by atoms with E-state index < -0.39 is 9.84 Å². The fourth-order valence-corrected chi connectivity index (χ4v) is 3.35. The molecule has 15 heavy (non-hydrogen) atoms. The third-order valence-corrected chi connectivity index (χ3v) is 3.90. The number of rotatable bonds is 2. The Bertz CT molecular complexity index is 520. The van der Waals surface area contributed by atoms with Crippen molar-refractivity contribution in [2.24, 2.45) is 0 Å². The molecule has 1 aromatic rings. The SMILES string of the molecule is CC(=O)c1ccc(Cl)c(S(C)(=O)=O)c1Cl. The zero-order valence-electron chi connectivity index (χ0n) is 8.04. The maximum atomic E-state index is 11.4. The molecular formula is C9H8Cl2O3S. The van der Waals surface area contributed by atoms with E-state index in [-0.39, 0.29) is 26.3 Å². The molecular weight excluding hydrogens is 259 g/mol. The van der Waals surface area contributed by atoms with Crippen molar-refractivity contribution in [2.75, 3.05) is 6.26 Å². The van der Waals surface area contributed by atoms with Gasteiger partial charge in [-0.25, -0.2) is 8.42 Å². The summed E-state index contributed by atoms with van der Waals surface area (Å²) in [7, 11) is -3.54. The van der Waals surface area contributed by atoms with Gasteiger partial charge in [-0.15, -0.1) is 0 Å². The molecule has 0 spiro atoms. The minimum absolute atomic E-state index is 0.0208. The van der Waals surface area contributed by atoms with Gasteiger partial charge >= 0.3 is 0 Å². The van der Waals surface area contributed by atoms with Gasteiger partial charge in [0.05, 0.1) is 10.0 Å². The molecule has 6 heteroatoms. The quantitative estimate of drug-likeness (QED) is 0.774. The summed E-state index contributed by atoms with van der Waals surface area (Å²) in [5, 5.41) is -0.0926. The van der Waals surface area contributed by atoms with E-state index in [2.05, 4.69) is 0 Å². The second-order valence-corrected chi connectivity index (χ2v) is 5.80. The van der Waals surface area contributed by atoms with Gasteiger partial charge in [0.15, 0.2) is 15.6 Å². The van der Waals surface area contributed by atoms with Crippen LogP contribution in [0, 0.1) is 0 Å². The third kappa shape index (κ3) is 2.51. The van der Waals surface area contributed by atoms with Crippen molar-refractivity contribution in [2.45, 2.75) is 11.8 Å². The van der Waals surface area contributed by atoms with E-state index in [4.69, 9.17) is 23.2 Å². The Kier molecular flexibility index (Phi) is 3.43. The molecule has 0 radical (unpaired) electrons. The van der Waals surface area contributed by atoms with Crippen molar-refractivity contribution in [1.29, 1.82) is 0 Å². The lowest BCUT2D eigenvalue weighted by Crippen LogP contribution is -2.03. The molecule has 1 rings (SSSR count). The standard InChI is InChI=1S/C9H8Cl2O3S/c1-5(12)6-3-4-7(10)9(8(6)11)15(2,13)14/h3-4H,1-2H3. The zero-order chi connectivity index (χ0) is 11.8. The van der Waals surface area contributed by atoms with Crippen LogP contribution in [0.15, 0.2) is 17.0 Å². The van der Waals surface area contributed by atoms with Crippen LogP contribution < -0.4 is 0 Å². The van der Waals surface area contributed by atoms with Gasteiger partial charge in [-0.2, -0.15) is 0 Å². The number of ketones is 1. The number of hydrogen-bond donors (Lipinski definition) is 0. The third-order valence-electron chi connectivity index (χ3n) is 1.80. The molecule has 0 unspecified atom stereocenters. The summed E-state index contributed by atoms with van der Waals surface area (Å²) in [5.41, 5.74) is 0.154. The van der Waals surface area contributed by atoms with Gasteiger partial charge < -0.3 is 0 Å². The Morgan fingerprint density at radius 2 is 1.80 bits per heavy atom. The molecule has 0 heterocycles. The smallest absolute Gasteiger partial charge is 0.178 e. The molecule has 0 atom stereocenters. The molecule has 0 amide bonds. The van der Waals surface area contributed by atoms with Crippen molar-refractivity contribution in [3.8, 4) is 0 Å². The Balaban J connectivity index is 3.66. The second-order valence-electron chi connectivity index (χ2n) is 3.07. The highest BCUT2D eigenvalue weighted by Gasteiger charge is 2.20. The minimum Gasteiger partial charge on any atom is -0.294 e. The monoisotopic (exact) mass is 266 g/mol. The van der Waals surface area contributed by atoms with Crippen LogP contribution in [0.5, 0.6) is 0 Å². The van der Waals surface area contributed by atoms with Crippen LogP contribution in [0.1, 0.15) is 17.3 Å². The molecule has 0 fully saturated rings. The Labute approximate surface area is 97.9 Å². The van der Waals surface area contributed by atoms with Gasteiger partial charge in [0, 0.05) is 11.8 Å².